The molecule has 0 aliphatic heterocycles. The van der Waals surface area contributed by atoms with E-state index >= 15 is 0 Å². The van der Waals surface area contributed by atoms with Crippen LogP contribution >= 0.6 is 0 Å². The van der Waals surface area contributed by atoms with E-state index in [9.17, 15) is 0 Å². The minimum atomic E-state index is -0.103. The molecule has 0 unspecified atom stereocenters. The minimum absolute atomic E-state index is 0.103. The first kappa shape index (κ1) is 33.4. The van der Waals surface area contributed by atoms with Gasteiger partial charge in [0.2, 0.25) is 5.95 Å². The molecule has 4 heterocycles. The Hall–Kier alpha value is -7.70. The molecule has 0 bridgehead atoms. The Balaban J connectivity index is 1.19. The lowest BCUT2D eigenvalue weighted by atomic mass is 9.82. The molecule has 0 fully saturated rings. The van der Waals surface area contributed by atoms with Gasteiger partial charge in [0.15, 0.2) is 11.6 Å². The molecule has 1 aliphatic rings. The van der Waals surface area contributed by atoms with E-state index in [1.54, 1.807) is 0 Å². The van der Waals surface area contributed by atoms with Crippen LogP contribution in [0.5, 0.6) is 0 Å². The van der Waals surface area contributed by atoms with Crippen molar-refractivity contribution in [1.29, 1.82) is 0 Å². The third-order valence-corrected chi connectivity index (χ3v) is 12.3. The third kappa shape index (κ3) is 4.93. The summed E-state index contributed by atoms with van der Waals surface area (Å²) >= 11 is 0. The molecule has 6 heteroatoms. The first-order chi connectivity index (χ1) is 29.0. The quantitative estimate of drug-likeness (QED) is 0.175. The van der Waals surface area contributed by atoms with Crippen molar-refractivity contribution in [3.05, 3.63) is 193 Å². The van der Waals surface area contributed by atoms with Gasteiger partial charge in [-0.25, -0.2) is 9.97 Å². The first-order valence-corrected chi connectivity index (χ1v) is 20.1. The molecule has 0 amide bonds. The number of fused-ring (bicyclic) bond motifs is 9. The minimum Gasteiger partial charge on any atom is -0.293 e. The largest absolute Gasteiger partial charge is 0.293 e. The first-order valence-electron chi connectivity index (χ1n) is 20.1. The van der Waals surface area contributed by atoms with Gasteiger partial charge in [-0.05, 0) is 70.3 Å². The van der Waals surface area contributed by atoms with Crippen LogP contribution in [0, 0.1) is 0 Å². The van der Waals surface area contributed by atoms with E-state index in [4.69, 9.17) is 19.9 Å². The van der Waals surface area contributed by atoms with Crippen LogP contribution < -0.4 is 0 Å². The second kappa shape index (κ2) is 12.7. The fourth-order valence-electron chi connectivity index (χ4n) is 9.55. The van der Waals surface area contributed by atoms with Crippen LogP contribution in [0.1, 0.15) is 25.0 Å². The zero-order valence-corrected chi connectivity index (χ0v) is 32.5. The number of hydrogen-bond acceptors (Lipinski definition) is 4. The topological polar surface area (TPSA) is 61.4 Å². The Bertz CT molecular complexity index is 3380. The standard InChI is InChI=1S/C53H36N6/c1-53(2)43-25-10-6-18-36(43)42-32-34(29-30-44(42)53)35-22-14-23-41(48(35)59-47-28-13-9-21-39(47)40-24-15-31-54-51(40)59)50-55-49(33-16-4-3-5-17-33)56-52(57-50)58-45-26-11-7-19-37(45)38-20-8-12-27-46(38)58/h3-32H,1-2H3. The maximum Gasteiger partial charge on any atom is 0.238 e. The van der Waals surface area contributed by atoms with Crippen LogP contribution in [0.25, 0.3) is 100 Å². The zero-order chi connectivity index (χ0) is 39.2. The molecule has 1 aliphatic carbocycles. The molecule has 0 saturated heterocycles. The summed E-state index contributed by atoms with van der Waals surface area (Å²) in [7, 11) is 0. The Morgan fingerprint density at radius 2 is 0.983 bits per heavy atom. The molecule has 11 aromatic rings. The van der Waals surface area contributed by atoms with E-state index in [-0.39, 0.29) is 5.41 Å². The molecule has 0 N–H and O–H groups in total. The molecular formula is C53H36N6. The fraction of sp³-hybridized carbons (Fsp3) is 0.0566. The van der Waals surface area contributed by atoms with Crippen molar-refractivity contribution in [2.75, 3.05) is 0 Å². The molecule has 6 nitrogen and oxygen atoms in total. The number of rotatable bonds is 5. The Labute approximate surface area is 340 Å². The highest BCUT2D eigenvalue weighted by atomic mass is 15.2. The van der Waals surface area contributed by atoms with Crippen LogP contribution in [-0.2, 0) is 5.41 Å². The van der Waals surface area contributed by atoms with Gasteiger partial charge in [-0.15, -0.1) is 0 Å². The van der Waals surface area contributed by atoms with Crippen LogP contribution in [0.4, 0.5) is 0 Å². The van der Waals surface area contributed by atoms with Crippen LogP contribution in [0.2, 0.25) is 0 Å². The van der Waals surface area contributed by atoms with E-state index in [1.807, 2.05) is 30.5 Å². The second-order valence-corrected chi connectivity index (χ2v) is 15.9. The van der Waals surface area contributed by atoms with Crippen molar-refractivity contribution in [2.24, 2.45) is 0 Å². The zero-order valence-electron chi connectivity index (χ0n) is 32.5. The molecule has 0 radical (unpaired) electrons. The summed E-state index contributed by atoms with van der Waals surface area (Å²) in [4.78, 5) is 21.1. The smallest absolute Gasteiger partial charge is 0.238 e. The summed E-state index contributed by atoms with van der Waals surface area (Å²) in [5, 5.41) is 4.51. The number of pyridine rings is 1. The molecule has 278 valence electrons. The normalized spacial score (nSPS) is 13.1. The molecule has 12 rings (SSSR count). The van der Waals surface area contributed by atoms with Crippen molar-refractivity contribution in [3.63, 3.8) is 0 Å². The van der Waals surface area contributed by atoms with E-state index in [2.05, 4.69) is 175 Å². The van der Waals surface area contributed by atoms with Crippen LogP contribution in [-0.4, -0.2) is 29.1 Å². The summed E-state index contributed by atoms with van der Waals surface area (Å²) in [6.07, 6.45) is 1.88. The molecule has 7 aromatic carbocycles. The van der Waals surface area contributed by atoms with Gasteiger partial charge in [0.1, 0.15) is 5.65 Å². The van der Waals surface area contributed by atoms with Gasteiger partial charge < -0.3 is 0 Å². The maximum absolute atomic E-state index is 5.45. The van der Waals surface area contributed by atoms with Gasteiger partial charge in [-0.2, -0.15) is 9.97 Å². The van der Waals surface area contributed by atoms with Crippen molar-refractivity contribution in [1.82, 2.24) is 29.1 Å². The van der Waals surface area contributed by atoms with Gasteiger partial charge in [0.25, 0.3) is 0 Å². The molecule has 59 heavy (non-hydrogen) atoms. The number of para-hydroxylation sites is 4. The summed E-state index contributed by atoms with van der Waals surface area (Å²) in [5.41, 5.74) is 14.0. The van der Waals surface area contributed by atoms with Gasteiger partial charge in [0, 0.05) is 49.8 Å². The van der Waals surface area contributed by atoms with E-state index in [0.717, 1.165) is 71.7 Å². The highest BCUT2D eigenvalue weighted by molar-refractivity contribution is 6.10. The average Bonchev–Trinajstić information content (AvgIpc) is 3.89. The van der Waals surface area contributed by atoms with E-state index in [1.165, 1.54) is 22.3 Å². The number of nitrogens with zero attached hydrogens (tertiary/aromatic N) is 6. The maximum atomic E-state index is 5.45. The Kier molecular flexibility index (Phi) is 7.17. The predicted molar refractivity (Wildman–Crippen MR) is 240 cm³/mol. The fourth-order valence-corrected chi connectivity index (χ4v) is 9.55. The summed E-state index contributed by atoms with van der Waals surface area (Å²) < 4.78 is 4.49. The van der Waals surface area contributed by atoms with Crippen LogP contribution in [0.3, 0.4) is 0 Å². The monoisotopic (exact) mass is 756 g/mol. The number of benzene rings is 7. The lowest BCUT2D eigenvalue weighted by Crippen LogP contribution is -2.14. The van der Waals surface area contributed by atoms with Gasteiger partial charge in [0.05, 0.1) is 22.2 Å². The third-order valence-electron chi connectivity index (χ3n) is 12.3. The molecule has 0 spiro atoms. The summed E-state index contributed by atoms with van der Waals surface area (Å²) in [6, 6.07) is 62.2. The predicted octanol–water partition coefficient (Wildman–Crippen LogP) is 12.8. The highest BCUT2D eigenvalue weighted by Crippen LogP contribution is 2.50. The Morgan fingerprint density at radius 3 is 1.75 bits per heavy atom. The molecule has 0 atom stereocenters. The SMILES string of the molecule is CC1(C)c2ccccc2-c2cc(-c3cccc(-c4nc(-c5ccccc5)nc(-n5c6ccccc6c6ccccc65)n4)c3-n3c4ccccc4c4cccnc43)ccc21. The van der Waals surface area contributed by atoms with Crippen LogP contribution in [0.15, 0.2) is 182 Å². The molecule has 4 aromatic heterocycles. The number of hydrogen-bond donors (Lipinski definition) is 0. The lowest BCUT2D eigenvalue weighted by Gasteiger charge is -2.22. The average molecular weight is 757 g/mol. The van der Waals surface area contributed by atoms with Gasteiger partial charge in [-0.1, -0.05) is 147 Å². The molecule has 0 saturated carbocycles. The lowest BCUT2D eigenvalue weighted by molar-refractivity contribution is 0.660. The van der Waals surface area contributed by atoms with Crippen molar-refractivity contribution >= 4 is 43.7 Å². The number of aromatic nitrogens is 6. The highest BCUT2D eigenvalue weighted by Gasteiger charge is 2.35. The molecular weight excluding hydrogens is 721 g/mol. The van der Waals surface area contributed by atoms with Crippen molar-refractivity contribution in [2.45, 2.75) is 19.3 Å². The van der Waals surface area contributed by atoms with E-state index in [0.29, 0.717) is 17.6 Å². The van der Waals surface area contributed by atoms with Gasteiger partial charge >= 0.3 is 0 Å². The van der Waals surface area contributed by atoms with E-state index < -0.39 is 0 Å². The van der Waals surface area contributed by atoms with Crippen molar-refractivity contribution < 1.29 is 0 Å². The summed E-state index contributed by atoms with van der Waals surface area (Å²) in [6.45, 7) is 4.65. The Morgan fingerprint density at radius 1 is 0.407 bits per heavy atom. The van der Waals surface area contributed by atoms with Crippen molar-refractivity contribution in [3.8, 4) is 56.7 Å². The second-order valence-electron chi connectivity index (χ2n) is 15.9. The summed E-state index contributed by atoms with van der Waals surface area (Å²) in [5.74, 6) is 1.72. The van der Waals surface area contributed by atoms with Gasteiger partial charge in [-0.3, -0.25) is 9.13 Å².